The number of thiophene rings is 1. The Balaban J connectivity index is 2.02. The van der Waals surface area contributed by atoms with Gasteiger partial charge in [0.05, 0.1) is 9.77 Å². The zero-order valence-corrected chi connectivity index (χ0v) is 22.3. The van der Waals surface area contributed by atoms with Gasteiger partial charge >= 0.3 is 0 Å². The number of anilines is 2. The SMILES string of the molecule is CC(C)C(C)N(Cc1cc(NC(=O)c2cccs2)ccc1N(C)C)S(=O)(=O)c1cccc(Cl)c1. The Morgan fingerprint density at radius 1 is 1.06 bits per heavy atom. The molecule has 9 heteroatoms. The first-order chi connectivity index (χ1) is 16.0. The van der Waals surface area contributed by atoms with Gasteiger partial charge in [0.1, 0.15) is 0 Å². The molecule has 34 heavy (non-hydrogen) atoms. The van der Waals surface area contributed by atoms with Gasteiger partial charge in [-0.15, -0.1) is 11.3 Å². The molecule has 3 rings (SSSR count). The zero-order chi connectivity index (χ0) is 25.0. The highest BCUT2D eigenvalue weighted by Gasteiger charge is 2.32. The van der Waals surface area contributed by atoms with Crippen molar-refractivity contribution in [2.24, 2.45) is 5.92 Å². The molecule has 1 unspecified atom stereocenters. The lowest BCUT2D eigenvalue weighted by Gasteiger charge is -2.32. The summed E-state index contributed by atoms with van der Waals surface area (Å²) in [4.78, 5) is 15.3. The Labute approximate surface area is 211 Å². The summed E-state index contributed by atoms with van der Waals surface area (Å²) < 4.78 is 28.9. The van der Waals surface area contributed by atoms with Gasteiger partial charge in [-0.1, -0.05) is 37.6 Å². The maximum Gasteiger partial charge on any atom is 0.265 e. The van der Waals surface area contributed by atoms with E-state index >= 15 is 0 Å². The third-order valence-corrected chi connectivity index (χ3v) is 8.74. The second-order valence-electron chi connectivity index (χ2n) is 8.66. The van der Waals surface area contributed by atoms with Gasteiger partial charge in [0.15, 0.2) is 0 Å². The lowest BCUT2D eigenvalue weighted by Crippen LogP contribution is -2.41. The average molecular weight is 520 g/mol. The molecule has 6 nitrogen and oxygen atoms in total. The van der Waals surface area contributed by atoms with Crippen molar-refractivity contribution in [2.75, 3.05) is 24.3 Å². The average Bonchev–Trinajstić information content (AvgIpc) is 3.32. The molecule has 0 aliphatic heterocycles. The molecular weight excluding hydrogens is 490 g/mol. The second kappa shape index (κ2) is 10.9. The van der Waals surface area contributed by atoms with E-state index in [0.717, 1.165) is 11.3 Å². The van der Waals surface area contributed by atoms with Gasteiger partial charge < -0.3 is 10.2 Å². The summed E-state index contributed by atoms with van der Waals surface area (Å²) in [6.07, 6.45) is 0. The van der Waals surface area contributed by atoms with Gasteiger partial charge in [-0.2, -0.15) is 4.31 Å². The molecule has 1 heterocycles. The Hall–Kier alpha value is -2.39. The number of hydrogen-bond donors (Lipinski definition) is 1. The number of benzene rings is 2. The number of rotatable bonds is 9. The highest BCUT2D eigenvalue weighted by atomic mass is 35.5. The molecular formula is C25H30ClN3O3S2. The van der Waals surface area contributed by atoms with E-state index in [0.29, 0.717) is 15.6 Å². The number of halogens is 1. The molecule has 1 atom stereocenters. The number of sulfonamides is 1. The van der Waals surface area contributed by atoms with Crippen LogP contribution >= 0.6 is 22.9 Å². The van der Waals surface area contributed by atoms with E-state index < -0.39 is 10.0 Å². The summed E-state index contributed by atoms with van der Waals surface area (Å²) in [5, 5.41) is 5.14. The van der Waals surface area contributed by atoms with Gasteiger partial charge in [0.25, 0.3) is 5.91 Å². The first-order valence-corrected chi connectivity index (χ1v) is 13.6. The first kappa shape index (κ1) is 26.2. The van der Waals surface area contributed by atoms with Crippen molar-refractivity contribution >= 4 is 50.2 Å². The predicted octanol–water partition coefficient (Wildman–Crippen LogP) is 5.96. The summed E-state index contributed by atoms with van der Waals surface area (Å²) in [6, 6.07) is 15.2. The van der Waals surface area contributed by atoms with E-state index in [1.165, 1.54) is 21.7 Å². The predicted molar refractivity (Wildman–Crippen MR) is 142 cm³/mol. The van der Waals surface area contributed by atoms with E-state index in [-0.39, 0.29) is 29.3 Å². The highest BCUT2D eigenvalue weighted by Crippen LogP contribution is 2.30. The number of carbonyl (C=O) groups is 1. The molecule has 1 aromatic heterocycles. The Morgan fingerprint density at radius 2 is 1.79 bits per heavy atom. The van der Waals surface area contributed by atoms with Gasteiger partial charge in [0.2, 0.25) is 10.0 Å². The molecule has 182 valence electrons. The van der Waals surface area contributed by atoms with Crippen LogP contribution in [0.3, 0.4) is 0 Å². The van der Waals surface area contributed by atoms with E-state index in [1.54, 1.807) is 24.3 Å². The van der Waals surface area contributed by atoms with E-state index in [1.807, 2.05) is 69.4 Å². The fourth-order valence-electron chi connectivity index (χ4n) is 3.54. The third-order valence-electron chi connectivity index (χ3n) is 5.71. The summed E-state index contributed by atoms with van der Waals surface area (Å²) in [5.41, 5.74) is 2.26. The zero-order valence-electron chi connectivity index (χ0n) is 19.9. The highest BCUT2D eigenvalue weighted by molar-refractivity contribution is 7.89. The Morgan fingerprint density at radius 3 is 2.38 bits per heavy atom. The van der Waals surface area contributed by atoms with Gasteiger partial charge in [-0.05, 0) is 66.2 Å². The number of nitrogens with one attached hydrogen (secondary N) is 1. The molecule has 0 radical (unpaired) electrons. The van der Waals surface area contributed by atoms with E-state index in [4.69, 9.17) is 11.6 Å². The minimum Gasteiger partial charge on any atom is -0.377 e. The van der Waals surface area contributed by atoms with Crippen LogP contribution in [-0.2, 0) is 16.6 Å². The van der Waals surface area contributed by atoms with Crippen LogP contribution in [0.25, 0.3) is 0 Å². The monoisotopic (exact) mass is 519 g/mol. The van der Waals surface area contributed by atoms with Crippen LogP contribution in [-0.4, -0.2) is 38.8 Å². The smallest absolute Gasteiger partial charge is 0.265 e. The third kappa shape index (κ3) is 5.99. The molecule has 0 bridgehead atoms. The summed E-state index contributed by atoms with van der Waals surface area (Å²) >= 11 is 7.47. The number of amides is 1. The maximum atomic E-state index is 13.7. The van der Waals surface area contributed by atoms with Crippen LogP contribution < -0.4 is 10.2 Å². The van der Waals surface area contributed by atoms with Crippen molar-refractivity contribution in [1.29, 1.82) is 0 Å². The fourth-order valence-corrected chi connectivity index (χ4v) is 6.20. The number of nitrogens with zero attached hydrogens (tertiary/aromatic N) is 2. The summed E-state index contributed by atoms with van der Waals surface area (Å²) in [6.45, 7) is 6.04. The summed E-state index contributed by atoms with van der Waals surface area (Å²) in [5.74, 6) is -0.115. The molecule has 2 aromatic carbocycles. The largest absolute Gasteiger partial charge is 0.377 e. The minimum atomic E-state index is -3.84. The van der Waals surface area contributed by atoms with Crippen molar-refractivity contribution in [1.82, 2.24) is 4.31 Å². The van der Waals surface area contributed by atoms with Crippen LogP contribution in [0.5, 0.6) is 0 Å². The van der Waals surface area contributed by atoms with Crippen LogP contribution in [0.1, 0.15) is 36.0 Å². The quantitative estimate of drug-likeness (QED) is 0.379. The van der Waals surface area contributed by atoms with Crippen molar-refractivity contribution < 1.29 is 13.2 Å². The molecule has 1 N–H and O–H groups in total. The standard InChI is InChI=1S/C25H30ClN3O3S2/c1-17(2)18(3)29(34(31,32)22-9-6-8-20(26)15-22)16-19-14-21(11-12-23(19)28(4)5)27-25(30)24-10-7-13-33-24/h6-15,17-18H,16H2,1-5H3,(H,27,30). The van der Waals surface area contributed by atoms with Gasteiger partial charge in [0, 0.05) is 43.1 Å². The summed E-state index contributed by atoms with van der Waals surface area (Å²) in [7, 11) is -0.0208. The second-order valence-corrected chi connectivity index (χ2v) is 11.9. The molecule has 0 aliphatic carbocycles. The Kier molecular flexibility index (Phi) is 8.41. The van der Waals surface area contributed by atoms with Crippen molar-refractivity contribution in [2.45, 2.75) is 38.3 Å². The Bertz CT molecular complexity index is 1240. The van der Waals surface area contributed by atoms with Crippen LogP contribution in [0.2, 0.25) is 5.02 Å². The number of carbonyl (C=O) groups excluding carboxylic acids is 1. The first-order valence-electron chi connectivity index (χ1n) is 10.9. The molecule has 0 saturated heterocycles. The van der Waals surface area contributed by atoms with Crippen LogP contribution in [0.15, 0.2) is 64.9 Å². The maximum absolute atomic E-state index is 13.7. The molecule has 0 spiro atoms. The fraction of sp³-hybridized carbons (Fsp3) is 0.320. The molecule has 1 amide bonds. The molecule has 3 aromatic rings. The van der Waals surface area contributed by atoms with Crippen LogP contribution in [0, 0.1) is 5.92 Å². The van der Waals surface area contributed by atoms with Gasteiger partial charge in [-0.3, -0.25) is 4.79 Å². The van der Waals surface area contributed by atoms with Crippen molar-refractivity contribution in [3.8, 4) is 0 Å². The number of hydrogen-bond acceptors (Lipinski definition) is 5. The van der Waals surface area contributed by atoms with Crippen LogP contribution in [0.4, 0.5) is 11.4 Å². The molecule has 0 fully saturated rings. The van der Waals surface area contributed by atoms with E-state index in [9.17, 15) is 13.2 Å². The van der Waals surface area contributed by atoms with Crippen molar-refractivity contribution in [3.63, 3.8) is 0 Å². The molecule has 0 aliphatic rings. The lowest BCUT2D eigenvalue weighted by atomic mass is 10.1. The topological polar surface area (TPSA) is 69.7 Å². The van der Waals surface area contributed by atoms with E-state index in [2.05, 4.69) is 5.32 Å². The minimum absolute atomic E-state index is 0.0819. The van der Waals surface area contributed by atoms with Gasteiger partial charge in [-0.25, -0.2) is 8.42 Å². The normalized spacial score (nSPS) is 12.7. The van der Waals surface area contributed by atoms with Crippen molar-refractivity contribution in [3.05, 3.63) is 75.4 Å². The lowest BCUT2D eigenvalue weighted by molar-refractivity contribution is 0.103. The molecule has 0 saturated carbocycles.